The van der Waals surface area contributed by atoms with E-state index in [0.29, 0.717) is 19.4 Å². The van der Waals surface area contributed by atoms with E-state index < -0.39 is 117 Å². The van der Waals surface area contributed by atoms with Gasteiger partial charge in [-0.2, -0.15) is 0 Å². The van der Waals surface area contributed by atoms with Gasteiger partial charge in [0.05, 0.1) is 44.9 Å². The molecule has 11 atom stereocenters. The topological polar surface area (TPSA) is 317 Å². The third-order valence-electron chi connectivity index (χ3n) is 11.7. The van der Waals surface area contributed by atoms with Gasteiger partial charge in [-0.1, -0.05) is 77.6 Å². The highest BCUT2D eigenvalue weighted by Crippen LogP contribution is 2.26. The Hall–Kier alpha value is -3.05. The molecule has 366 valence electrons. The fourth-order valence-corrected chi connectivity index (χ4v) is 7.83. The Bertz CT molecular complexity index is 1330. The first-order chi connectivity index (χ1) is 30.1. The number of rotatable bonds is 32. The Morgan fingerprint density at radius 2 is 1.05 bits per heavy atom. The lowest BCUT2D eigenvalue weighted by Gasteiger charge is -2.41. The van der Waals surface area contributed by atoms with E-state index in [-0.39, 0.29) is 44.8 Å². The van der Waals surface area contributed by atoms with Gasteiger partial charge in [-0.25, -0.2) is 0 Å². The molecule has 2 heterocycles. The summed E-state index contributed by atoms with van der Waals surface area (Å²) in [6.45, 7) is 2.02. The fourth-order valence-electron chi connectivity index (χ4n) is 7.83. The molecule has 0 aromatic rings. The summed E-state index contributed by atoms with van der Waals surface area (Å²) in [5.74, 6) is -2.54. The molecule has 5 amide bonds. The van der Waals surface area contributed by atoms with Crippen molar-refractivity contribution in [1.29, 1.82) is 0 Å². The predicted molar refractivity (Wildman–Crippen MR) is 230 cm³/mol. The molecule has 2 aliphatic rings. The smallest absolute Gasteiger partial charge is 0.243 e. The lowest BCUT2D eigenvalue weighted by Crippen LogP contribution is -2.59. The van der Waals surface area contributed by atoms with E-state index >= 15 is 0 Å². The van der Waals surface area contributed by atoms with Gasteiger partial charge in [-0.3, -0.25) is 24.0 Å². The lowest BCUT2D eigenvalue weighted by molar-refractivity contribution is -0.231. The van der Waals surface area contributed by atoms with Crippen LogP contribution in [0.2, 0.25) is 0 Å². The number of aliphatic hydroxyl groups excluding tert-OH is 8. The molecule has 0 aliphatic carbocycles. The van der Waals surface area contributed by atoms with Crippen molar-refractivity contribution in [3.8, 4) is 0 Å². The van der Waals surface area contributed by atoms with Crippen LogP contribution in [0.1, 0.15) is 129 Å². The van der Waals surface area contributed by atoms with Crippen molar-refractivity contribution in [2.75, 3.05) is 45.9 Å². The third kappa shape index (κ3) is 21.2. The number of carbonyl (C=O) groups excluding carboxylic acids is 5. The van der Waals surface area contributed by atoms with E-state index in [2.05, 4.69) is 28.2 Å². The maximum absolute atomic E-state index is 13.5. The van der Waals surface area contributed by atoms with Crippen LogP contribution in [0.4, 0.5) is 0 Å². The number of carbonyl (C=O) groups is 5. The minimum atomic E-state index is -1.72. The van der Waals surface area contributed by atoms with E-state index in [4.69, 9.17) is 9.47 Å². The molecule has 0 aromatic heterocycles. The van der Waals surface area contributed by atoms with Crippen LogP contribution in [0, 0.1) is 0 Å². The van der Waals surface area contributed by atoms with Crippen LogP contribution in [-0.4, -0.2) is 188 Å². The van der Waals surface area contributed by atoms with Crippen LogP contribution in [0.5, 0.6) is 0 Å². The van der Waals surface area contributed by atoms with Crippen molar-refractivity contribution in [3.63, 3.8) is 0 Å². The Labute approximate surface area is 371 Å². The first kappa shape index (κ1) is 56.1. The van der Waals surface area contributed by atoms with E-state index in [9.17, 15) is 64.8 Å². The summed E-state index contributed by atoms with van der Waals surface area (Å²) in [5, 5.41) is 91.3. The molecule has 12 N–H and O–H groups in total. The largest absolute Gasteiger partial charge is 0.394 e. The second kappa shape index (κ2) is 31.8. The number of hydrogen-bond acceptors (Lipinski definition) is 15. The summed E-state index contributed by atoms with van der Waals surface area (Å²) in [6.07, 6.45) is 0.709. The summed E-state index contributed by atoms with van der Waals surface area (Å²) in [7, 11) is 0. The maximum Gasteiger partial charge on any atom is 0.243 e. The second-order valence-electron chi connectivity index (χ2n) is 17.0. The van der Waals surface area contributed by atoms with E-state index in [0.717, 1.165) is 24.2 Å². The van der Waals surface area contributed by atoms with E-state index in [1.54, 1.807) is 0 Å². The van der Waals surface area contributed by atoms with Crippen molar-refractivity contribution in [3.05, 3.63) is 0 Å². The van der Waals surface area contributed by atoms with Crippen LogP contribution >= 0.6 is 0 Å². The van der Waals surface area contributed by atoms with Crippen molar-refractivity contribution in [2.45, 2.75) is 197 Å². The molecular weight excluding hydrogens is 826 g/mol. The summed E-state index contributed by atoms with van der Waals surface area (Å²) >= 11 is 0. The Kier molecular flexibility index (Phi) is 28.3. The first-order valence-corrected chi connectivity index (χ1v) is 23.1. The molecule has 20 nitrogen and oxygen atoms in total. The quantitative estimate of drug-likeness (QED) is 0.0338. The monoisotopic (exact) mass is 906 g/mol. The van der Waals surface area contributed by atoms with Crippen molar-refractivity contribution in [1.82, 2.24) is 26.2 Å². The molecule has 0 radical (unpaired) electrons. The van der Waals surface area contributed by atoms with Gasteiger partial charge in [0, 0.05) is 26.6 Å². The molecule has 0 spiro atoms. The normalized spacial score (nSPS) is 26.4. The number of amides is 5. The molecule has 0 bridgehead atoms. The average molecular weight is 906 g/mol. The molecule has 2 aliphatic heterocycles. The van der Waals surface area contributed by atoms with Crippen LogP contribution < -0.4 is 21.3 Å². The Balaban J connectivity index is 1.81. The van der Waals surface area contributed by atoms with Crippen LogP contribution in [-0.2, 0) is 33.4 Å². The van der Waals surface area contributed by atoms with Gasteiger partial charge in [0.25, 0.3) is 0 Å². The van der Waals surface area contributed by atoms with Crippen molar-refractivity contribution >= 4 is 29.5 Å². The SMILES string of the molecule is CCCCCCCCCCCCCCNC(=O)CNC(=O)[C@H](CCCCNC(=O)CN(CCC[C@H]1O[C@H](CO)[C@H](O)[C@H](O)[C@H]1O)C(=O)C[C@H]1O[C@H](CO)[C@H](O)[C@H](O)[C@H]1O)NC(C)=O. The summed E-state index contributed by atoms with van der Waals surface area (Å²) in [5.41, 5.74) is 0. The molecule has 0 saturated carbocycles. The van der Waals surface area contributed by atoms with Gasteiger partial charge in [-0.05, 0) is 38.5 Å². The van der Waals surface area contributed by atoms with Crippen LogP contribution in [0.3, 0.4) is 0 Å². The van der Waals surface area contributed by atoms with E-state index in [1.165, 1.54) is 64.7 Å². The molecule has 2 saturated heterocycles. The second-order valence-corrected chi connectivity index (χ2v) is 17.0. The number of nitrogens with zero attached hydrogens (tertiary/aromatic N) is 1. The minimum Gasteiger partial charge on any atom is -0.394 e. The number of unbranched alkanes of at least 4 members (excludes halogenated alkanes) is 12. The molecule has 0 unspecified atom stereocenters. The zero-order valence-corrected chi connectivity index (χ0v) is 37.4. The molecule has 0 aromatic carbocycles. The number of hydrogen-bond donors (Lipinski definition) is 12. The van der Waals surface area contributed by atoms with Gasteiger partial charge >= 0.3 is 0 Å². The Morgan fingerprint density at radius 1 is 0.571 bits per heavy atom. The maximum atomic E-state index is 13.5. The summed E-state index contributed by atoms with van der Waals surface area (Å²) in [6, 6.07) is -0.915. The van der Waals surface area contributed by atoms with Gasteiger partial charge < -0.3 is 76.5 Å². The van der Waals surface area contributed by atoms with Gasteiger partial charge in [0.15, 0.2) is 0 Å². The minimum absolute atomic E-state index is 0.0417. The van der Waals surface area contributed by atoms with Crippen molar-refractivity contribution < 1.29 is 74.3 Å². The first-order valence-electron chi connectivity index (χ1n) is 23.1. The van der Waals surface area contributed by atoms with Crippen molar-refractivity contribution in [2.24, 2.45) is 0 Å². The van der Waals surface area contributed by atoms with Gasteiger partial charge in [0.2, 0.25) is 29.5 Å². The third-order valence-corrected chi connectivity index (χ3v) is 11.7. The predicted octanol–water partition coefficient (Wildman–Crippen LogP) is -1.61. The summed E-state index contributed by atoms with van der Waals surface area (Å²) in [4.78, 5) is 64.9. The van der Waals surface area contributed by atoms with E-state index in [1.807, 2.05) is 0 Å². The Morgan fingerprint density at radius 3 is 1.59 bits per heavy atom. The number of ether oxygens (including phenoxy) is 2. The molecule has 63 heavy (non-hydrogen) atoms. The zero-order chi connectivity index (χ0) is 46.7. The number of nitrogens with one attached hydrogen (secondary N) is 4. The standard InChI is InChI=1S/C43H79N5O15/c1-3-4-5-6-7-8-9-10-11-12-13-15-20-44-34(52)24-46-43(61)29(47-28(2)51)18-14-16-21-45-35(53)25-48(22-17-19-30-37(55)41(59)39(57)32(26-49)62-30)36(54)23-31-38(56)42(60)40(58)33(27-50)63-31/h29-33,37-42,49-50,55-60H,3-27H2,1-2H3,(H,44,52)(H,45,53)(H,46,61)(H,47,51)/t29-,30+,31+,32+,33+,37-,38-,39-,40-,41+,42+/m0/s1. The summed E-state index contributed by atoms with van der Waals surface area (Å²) < 4.78 is 11.0. The average Bonchev–Trinajstić information content (AvgIpc) is 3.26. The number of aliphatic hydroxyl groups is 8. The van der Waals surface area contributed by atoms with Gasteiger partial charge in [-0.15, -0.1) is 0 Å². The molecular formula is C43H79N5O15. The molecule has 20 heteroatoms. The van der Waals surface area contributed by atoms with Gasteiger partial charge in [0.1, 0.15) is 54.9 Å². The fraction of sp³-hybridized carbons (Fsp3) is 0.884. The highest BCUT2D eigenvalue weighted by atomic mass is 16.6. The molecule has 2 rings (SSSR count). The van der Waals surface area contributed by atoms with Crippen LogP contribution in [0.25, 0.3) is 0 Å². The molecule has 2 fully saturated rings. The zero-order valence-electron chi connectivity index (χ0n) is 37.4. The highest BCUT2D eigenvalue weighted by molar-refractivity contribution is 5.90. The van der Waals surface area contributed by atoms with Crippen LogP contribution in [0.15, 0.2) is 0 Å². The highest BCUT2D eigenvalue weighted by Gasteiger charge is 2.45. The lowest BCUT2D eigenvalue weighted by atomic mass is 9.92.